The van der Waals surface area contributed by atoms with Crippen molar-refractivity contribution in [2.24, 2.45) is 5.92 Å². The van der Waals surface area contributed by atoms with Crippen molar-refractivity contribution in [2.45, 2.75) is 70.9 Å². The number of aromatic nitrogens is 1. The standard InChI is InChI=1S/C17H28N2/c1-2-3-4-5-9-16-10-6-11-17(16)19-14-15-8-7-12-18-13-15/h7-8,12-13,16-17,19H,2-6,9-11,14H2,1H3. The van der Waals surface area contributed by atoms with Gasteiger partial charge in [-0.25, -0.2) is 0 Å². The van der Waals surface area contributed by atoms with E-state index in [0.717, 1.165) is 18.5 Å². The molecule has 0 saturated heterocycles. The van der Waals surface area contributed by atoms with Gasteiger partial charge >= 0.3 is 0 Å². The number of unbranched alkanes of at least 4 members (excludes halogenated alkanes) is 3. The maximum atomic E-state index is 4.18. The molecule has 0 radical (unpaired) electrons. The lowest BCUT2D eigenvalue weighted by Crippen LogP contribution is -2.31. The van der Waals surface area contributed by atoms with Gasteiger partial charge < -0.3 is 5.32 Å². The Balaban J connectivity index is 1.70. The van der Waals surface area contributed by atoms with Gasteiger partial charge in [-0.05, 0) is 36.8 Å². The second-order valence-corrected chi connectivity index (χ2v) is 5.89. The molecule has 1 aromatic heterocycles. The van der Waals surface area contributed by atoms with Gasteiger partial charge in [-0.15, -0.1) is 0 Å². The first-order valence-electron chi connectivity index (χ1n) is 8.02. The number of hydrogen-bond acceptors (Lipinski definition) is 2. The van der Waals surface area contributed by atoms with Crippen LogP contribution in [0.1, 0.15) is 63.9 Å². The van der Waals surface area contributed by atoms with E-state index >= 15 is 0 Å². The highest BCUT2D eigenvalue weighted by atomic mass is 14.9. The van der Waals surface area contributed by atoms with Crippen molar-refractivity contribution in [3.63, 3.8) is 0 Å². The summed E-state index contributed by atoms with van der Waals surface area (Å²) in [5.74, 6) is 0.911. The molecule has 0 amide bonds. The molecular weight excluding hydrogens is 232 g/mol. The summed E-state index contributed by atoms with van der Waals surface area (Å²) in [7, 11) is 0. The Bertz CT molecular complexity index is 336. The van der Waals surface area contributed by atoms with E-state index in [1.807, 2.05) is 18.5 Å². The molecule has 2 rings (SSSR count). The van der Waals surface area contributed by atoms with Crippen LogP contribution < -0.4 is 5.32 Å². The normalized spacial score (nSPS) is 22.8. The van der Waals surface area contributed by atoms with Crippen molar-refractivity contribution in [3.8, 4) is 0 Å². The molecule has 1 aliphatic carbocycles. The SMILES string of the molecule is CCCCCCC1CCCC1NCc1cccnc1. The molecule has 1 heterocycles. The fourth-order valence-electron chi connectivity index (χ4n) is 3.24. The molecule has 0 spiro atoms. The maximum Gasteiger partial charge on any atom is 0.0312 e. The molecule has 1 saturated carbocycles. The summed E-state index contributed by atoms with van der Waals surface area (Å²) in [5.41, 5.74) is 1.30. The largest absolute Gasteiger partial charge is 0.310 e. The van der Waals surface area contributed by atoms with Crippen LogP contribution >= 0.6 is 0 Å². The minimum absolute atomic E-state index is 0.738. The molecule has 19 heavy (non-hydrogen) atoms. The van der Waals surface area contributed by atoms with Gasteiger partial charge in [-0.2, -0.15) is 0 Å². The van der Waals surface area contributed by atoms with E-state index in [-0.39, 0.29) is 0 Å². The lowest BCUT2D eigenvalue weighted by atomic mass is 9.95. The lowest BCUT2D eigenvalue weighted by molar-refractivity contribution is 0.364. The smallest absolute Gasteiger partial charge is 0.0312 e. The summed E-state index contributed by atoms with van der Waals surface area (Å²) in [4.78, 5) is 4.18. The van der Waals surface area contributed by atoms with Crippen LogP contribution in [0.25, 0.3) is 0 Å². The van der Waals surface area contributed by atoms with Crippen molar-refractivity contribution in [1.82, 2.24) is 10.3 Å². The second-order valence-electron chi connectivity index (χ2n) is 5.89. The van der Waals surface area contributed by atoms with Crippen LogP contribution in [0.5, 0.6) is 0 Å². The highest BCUT2D eigenvalue weighted by Crippen LogP contribution is 2.30. The van der Waals surface area contributed by atoms with E-state index in [1.54, 1.807) is 0 Å². The minimum atomic E-state index is 0.738. The number of nitrogens with zero attached hydrogens (tertiary/aromatic N) is 1. The third kappa shape index (κ3) is 4.94. The topological polar surface area (TPSA) is 24.9 Å². The average molecular weight is 260 g/mol. The highest BCUT2D eigenvalue weighted by molar-refractivity contribution is 5.08. The summed E-state index contributed by atoms with van der Waals surface area (Å²) in [6.45, 7) is 3.26. The van der Waals surface area contributed by atoms with Gasteiger partial charge in [0.2, 0.25) is 0 Å². The van der Waals surface area contributed by atoms with Gasteiger partial charge in [0.15, 0.2) is 0 Å². The van der Waals surface area contributed by atoms with Gasteiger partial charge in [-0.1, -0.05) is 45.1 Å². The molecule has 0 aliphatic heterocycles. The third-order valence-corrected chi connectivity index (χ3v) is 4.38. The number of rotatable bonds is 8. The summed E-state index contributed by atoms with van der Waals surface area (Å²) >= 11 is 0. The fourth-order valence-corrected chi connectivity index (χ4v) is 3.24. The molecule has 2 heteroatoms. The third-order valence-electron chi connectivity index (χ3n) is 4.38. The van der Waals surface area contributed by atoms with Gasteiger partial charge in [0.05, 0.1) is 0 Å². The molecule has 0 bridgehead atoms. The van der Waals surface area contributed by atoms with E-state index in [4.69, 9.17) is 0 Å². The van der Waals surface area contributed by atoms with Gasteiger partial charge in [0.1, 0.15) is 0 Å². The quantitative estimate of drug-likeness (QED) is 0.704. The van der Waals surface area contributed by atoms with E-state index in [1.165, 1.54) is 56.9 Å². The van der Waals surface area contributed by atoms with Crippen LogP contribution in [-0.2, 0) is 6.54 Å². The van der Waals surface area contributed by atoms with Crippen molar-refractivity contribution >= 4 is 0 Å². The second kappa shape index (κ2) is 8.31. The Morgan fingerprint density at radius 1 is 1.26 bits per heavy atom. The molecule has 2 atom stereocenters. The Labute approximate surface area is 118 Å². The van der Waals surface area contributed by atoms with E-state index in [9.17, 15) is 0 Å². The summed E-state index contributed by atoms with van der Waals surface area (Å²) < 4.78 is 0. The molecular formula is C17H28N2. The van der Waals surface area contributed by atoms with Crippen molar-refractivity contribution in [2.75, 3.05) is 0 Å². The highest BCUT2D eigenvalue weighted by Gasteiger charge is 2.25. The first kappa shape index (κ1) is 14.5. The minimum Gasteiger partial charge on any atom is -0.310 e. The Hall–Kier alpha value is -0.890. The van der Waals surface area contributed by atoms with Crippen LogP contribution in [-0.4, -0.2) is 11.0 Å². The molecule has 1 aliphatic rings. The van der Waals surface area contributed by atoms with Crippen molar-refractivity contribution < 1.29 is 0 Å². The molecule has 2 unspecified atom stereocenters. The monoisotopic (exact) mass is 260 g/mol. The van der Waals surface area contributed by atoms with Gasteiger partial charge in [-0.3, -0.25) is 4.98 Å². The number of hydrogen-bond donors (Lipinski definition) is 1. The van der Waals surface area contributed by atoms with Gasteiger partial charge in [0.25, 0.3) is 0 Å². The van der Waals surface area contributed by atoms with E-state index in [0.29, 0.717) is 0 Å². The number of pyridine rings is 1. The summed E-state index contributed by atoms with van der Waals surface area (Å²) in [6, 6.07) is 4.92. The van der Waals surface area contributed by atoms with Gasteiger partial charge in [0, 0.05) is 25.0 Å². The van der Waals surface area contributed by atoms with Crippen LogP contribution in [0.3, 0.4) is 0 Å². The Morgan fingerprint density at radius 2 is 2.21 bits per heavy atom. The molecule has 1 N–H and O–H groups in total. The first-order valence-corrected chi connectivity index (χ1v) is 8.02. The Morgan fingerprint density at radius 3 is 3.00 bits per heavy atom. The zero-order valence-electron chi connectivity index (χ0n) is 12.3. The first-order chi connectivity index (χ1) is 9.40. The van der Waals surface area contributed by atoms with Crippen LogP contribution in [0, 0.1) is 5.92 Å². The van der Waals surface area contributed by atoms with E-state index in [2.05, 4.69) is 23.3 Å². The zero-order valence-corrected chi connectivity index (χ0v) is 12.3. The predicted molar refractivity (Wildman–Crippen MR) is 81.0 cm³/mol. The molecule has 106 valence electrons. The molecule has 1 fully saturated rings. The summed E-state index contributed by atoms with van der Waals surface area (Å²) in [6.07, 6.45) is 15.0. The van der Waals surface area contributed by atoms with Crippen molar-refractivity contribution in [1.29, 1.82) is 0 Å². The zero-order chi connectivity index (χ0) is 13.3. The average Bonchev–Trinajstić information content (AvgIpc) is 2.90. The predicted octanol–water partition coefficient (Wildman–Crippen LogP) is 4.31. The fraction of sp³-hybridized carbons (Fsp3) is 0.706. The van der Waals surface area contributed by atoms with Crippen LogP contribution in [0.4, 0.5) is 0 Å². The molecule has 0 aromatic carbocycles. The number of nitrogens with one attached hydrogen (secondary N) is 1. The summed E-state index contributed by atoms with van der Waals surface area (Å²) in [5, 5.41) is 3.75. The maximum absolute atomic E-state index is 4.18. The van der Waals surface area contributed by atoms with Crippen LogP contribution in [0.15, 0.2) is 24.5 Å². The lowest BCUT2D eigenvalue weighted by Gasteiger charge is -2.21. The van der Waals surface area contributed by atoms with E-state index < -0.39 is 0 Å². The molecule has 1 aromatic rings. The molecule has 2 nitrogen and oxygen atoms in total. The van der Waals surface area contributed by atoms with Crippen LogP contribution in [0.2, 0.25) is 0 Å². The van der Waals surface area contributed by atoms with Crippen molar-refractivity contribution in [3.05, 3.63) is 30.1 Å². The Kier molecular flexibility index (Phi) is 6.35.